The van der Waals surface area contributed by atoms with Gasteiger partial charge < -0.3 is 9.47 Å². The predicted octanol–water partition coefficient (Wildman–Crippen LogP) is 4.22. The molecule has 0 radical (unpaired) electrons. The summed E-state index contributed by atoms with van der Waals surface area (Å²) in [6.07, 6.45) is 0. The number of ketones is 2. The van der Waals surface area contributed by atoms with E-state index in [1.54, 1.807) is 67.8 Å². The lowest BCUT2D eigenvalue weighted by atomic mass is 9.97. The molecule has 0 spiro atoms. The first-order valence-corrected chi connectivity index (χ1v) is 9.97. The maximum Gasteiger partial charge on any atom is 0.304 e. The Hall–Kier alpha value is -4.19. The fourth-order valence-electron chi connectivity index (χ4n) is 3.59. The minimum atomic E-state index is -0.836. The van der Waals surface area contributed by atoms with Crippen LogP contribution < -0.4 is 14.4 Å². The minimum Gasteiger partial charge on any atom is -0.497 e. The van der Waals surface area contributed by atoms with E-state index in [0.29, 0.717) is 28.3 Å². The first-order valence-electron chi connectivity index (χ1n) is 9.97. The summed E-state index contributed by atoms with van der Waals surface area (Å²) in [7, 11) is 3.08. The van der Waals surface area contributed by atoms with Crippen LogP contribution in [0.2, 0.25) is 0 Å². The van der Waals surface area contributed by atoms with Crippen LogP contribution in [0.4, 0.5) is 5.69 Å². The van der Waals surface area contributed by atoms with E-state index >= 15 is 0 Å². The second kappa shape index (κ2) is 8.51. The Balaban J connectivity index is 1.91. The third-order valence-electron chi connectivity index (χ3n) is 5.32. The average Bonchev–Trinajstić information content (AvgIpc) is 3.09. The predicted molar refractivity (Wildman–Crippen MR) is 121 cm³/mol. The molecule has 4 rings (SSSR count). The van der Waals surface area contributed by atoms with Gasteiger partial charge in [0.1, 0.15) is 17.1 Å². The number of amides is 1. The number of anilines is 1. The normalized spacial score (nSPS) is 13.5. The molecule has 0 unspecified atom stereocenters. The smallest absolute Gasteiger partial charge is 0.304 e. The van der Waals surface area contributed by atoms with Crippen molar-refractivity contribution in [1.82, 2.24) is 0 Å². The van der Waals surface area contributed by atoms with Gasteiger partial charge in [0.2, 0.25) is 0 Å². The molecule has 0 aromatic heterocycles. The van der Waals surface area contributed by atoms with Gasteiger partial charge in [-0.25, -0.2) is 0 Å². The van der Waals surface area contributed by atoms with Crippen LogP contribution in [0.1, 0.15) is 21.5 Å². The molecule has 0 atom stereocenters. The van der Waals surface area contributed by atoms with E-state index in [1.807, 2.05) is 19.1 Å². The zero-order valence-electron chi connectivity index (χ0n) is 17.9. The van der Waals surface area contributed by atoms with E-state index in [2.05, 4.69) is 0 Å². The van der Waals surface area contributed by atoms with Crippen LogP contribution in [0.25, 0.3) is 5.70 Å². The van der Waals surface area contributed by atoms with Gasteiger partial charge in [-0.1, -0.05) is 17.7 Å². The third-order valence-corrected chi connectivity index (χ3v) is 5.32. The van der Waals surface area contributed by atoms with E-state index in [4.69, 9.17) is 9.47 Å². The van der Waals surface area contributed by atoms with Crippen LogP contribution in [0, 0.1) is 6.92 Å². The van der Waals surface area contributed by atoms with Crippen LogP contribution in [0.15, 0.2) is 78.4 Å². The molecule has 32 heavy (non-hydrogen) atoms. The number of carbonyl (C=O) groups excluding carboxylic acids is 3. The lowest BCUT2D eigenvalue weighted by Crippen LogP contribution is -2.28. The largest absolute Gasteiger partial charge is 0.497 e. The summed E-state index contributed by atoms with van der Waals surface area (Å²) in [5.41, 5.74) is 2.47. The second-order valence-electron chi connectivity index (χ2n) is 7.31. The lowest BCUT2D eigenvalue weighted by molar-refractivity contribution is -0.132. The van der Waals surface area contributed by atoms with Crippen LogP contribution in [-0.4, -0.2) is 31.7 Å². The molecule has 0 N–H and O–H groups in total. The van der Waals surface area contributed by atoms with E-state index in [1.165, 1.54) is 12.0 Å². The number of aryl methyl sites for hydroxylation is 1. The van der Waals surface area contributed by atoms with Gasteiger partial charge in [0, 0.05) is 11.3 Å². The van der Waals surface area contributed by atoms with Gasteiger partial charge in [0.15, 0.2) is 5.78 Å². The lowest BCUT2D eigenvalue weighted by Gasteiger charge is -2.21. The highest BCUT2D eigenvalue weighted by atomic mass is 16.5. The first-order chi connectivity index (χ1) is 15.4. The van der Waals surface area contributed by atoms with Crippen molar-refractivity contribution in [1.29, 1.82) is 0 Å². The molecule has 6 nitrogen and oxygen atoms in total. The Morgan fingerprint density at radius 2 is 1.28 bits per heavy atom. The fourth-order valence-corrected chi connectivity index (χ4v) is 3.59. The van der Waals surface area contributed by atoms with Crippen molar-refractivity contribution in [3.8, 4) is 11.5 Å². The number of Topliss-reactive ketones (excluding diaryl/α,β-unsaturated/α-hetero) is 2. The summed E-state index contributed by atoms with van der Waals surface area (Å²) in [5.74, 6) is -0.920. The first kappa shape index (κ1) is 21.1. The number of nitrogens with zero attached hydrogens (tertiary/aromatic N) is 1. The molecular weight excluding hydrogens is 406 g/mol. The van der Waals surface area contributed by atoms with Gasteiger partial charge in [-0.15, -0.1) is 0 Å². The van der Waals surface area contributed by atoms with Gasteiger partial charge in [0.05, 0.1) is 19.9 Å². The summed E-state index contributed by atoms with van der Waals surface area (Å²) >= 11 is 0. The number of ether oxygens (including phenoxy) is 2. The van der Waals surface area contributed by atoms with E-state index in [0.717, 1.165) is 5.56 Å². The number of rotatable bonds is 6. The molecule has 3 aromatic rings. The molecule has 0 fully saturated rings. The Labute approximate surface area is 185 Å². The molecular formula is C26H21NO5. The quantitative estimate of drug-likeness (QED) is 0.335. The zero-order valence-corrected chi connectivity index (χ0v) is 17.9. The molecule has 0 saturated heterocycles. The van der Waals surface area contributed by atoms with Crippen molar-refractivity contribution in [2.45, 2.75) is 6.92 Å². The van der Waals surface area contributed by atoms with E-state index < -0.39 is 17.5 Å². The zero-order chi connectivity index (χ0) is 22.8. The van der Waals surface area contributed by atoms with Crippen LogP contribution in [0.3, 0.4) is 0 Å². The van der Waals surface area contributed by atoms with E-state index in [9.17, 15) is 14.4 Å². The van der Waals surface area contributed by atoms with Gasteiger partial charge >= 0.3 is 5.91 Å². The van der Waals surface area contributed by atoms with Crippen molar-refractivity contribution >= 4 is 28.9 Å². The van der Waals surface area contributed by atoms with Gasteiger partial charge in [0.25, 0.3) is 5.78 Å². The van der Waals surface area contributed by atoms with Crippen molar-refractivity contribution in [3.63, 3.8) is 0 Å². The van der Waals surface area contributed by atoms with E-state index in [-0.39, 0.29) is 11.3 Å². The highest BCUT2D eigenvalue weighted by molar-refractivity contribution is 6.61. The molecule has 3 aromatic carbocycles. The van der Waals surface area contributed by atoms with Crippen molar-refractivity contribution in [2.75, 3.05) is 19.1 Å². The molecule has 1 aliphatic heterocycles. The summed E-state index contributed by atoms with van der Waals surface area (Å²) < 4.78 is 10.4. The Bertz CT molecular complexity index is 1220. The van der Waals surface area contributed by atoms with Crippen molar-refractivity contribution < 1.29 is 23.9 Å². The Kier molecular flexibility index (Phi) is 5.60. The van der Waals surface area contributed by atoms with Crippen LogP contribution >= 0.6 is 0 Å². The molecule has 1 amide bonds. The fraction of sp³-hybridized carbons (Fsp3) is 0.115. The van der Waals surface area contributed by atoms with Crippen molar-refractivity contribution in [3.05, 3.63) is 95.1 Å². The topological polar surface area (TPSA) is 72.9 Å². The summed E-state index contributed by atoms with van der Waals surface area (Å²) in [5, 5.41) is 0. The molecule has 0 aliphatic carbocycles. The Morgan fingerprint density at radius 3 is 1.81 bits per heavy atom. The summed E-state index contributed by atoms with van der Waals surface area (Å²) in [6.45, 7) is 1.93. The van der Waals surface area contributed by atoms with Crippen LogP contribution in [0.5, 0.6) is 11.5 Å². The second-order valence-corrected chi connectivity index (χ2v) is 7.31. The molecule has 0 saturated carbocycles. The molecule has 160 valence electrons. The maximum absolute atomic E-state index is 13.4. The van der Waals surface area contributed by atoms with Crippen molar-refractivity contribution in [2.24, 2.45) is 0 Å². The number of hydrogen-bond acceptors (Lipinski definition) is 5. The number of benzene rings is 3. The third kappa shape index (κ3) is 3.67. The standard InChI is InChI=1S/C26H21NO5/c1-16-4-10-19(11-5-16)27-23(17-6-12-20(31-2)13-7-17)22(25(29)26(27)30)24(28)18-8-14-21(32-3)15-9-18/h4-15H,1-3H3. The number of carbonyl (C=O) groups is 3. The summed E-state index contributed by atoms with van der Waals surface area (Å²) in [4.78, 5) is 40.9. The summed E-state index contributed by atoms with van der Waals surface area (Å²) in [6, 6.07) is 20.5. The van der Waals surface area contributed by atoms with Gasteiger partial charge in [-0.05, 0) is 73.2 Å². The monoisotopic (exact) mass is 427 g/mol. The highest BCUT2D eigenvalue weighted by Gasteiger charge is 2.43. The molecule has 0 bridgehead atoms. The highest BCUT2D eigenvalue weighted by Crippen LogP contribution is 2.37. The number of hydrogen-bond donors (Lipinski definition) is 0. The molecule has 1 aliphatic rings. The Morgan fingerprint density at radius 1 is 0.750 bits per heavy atom. The SMILES string of the molecule is COc1ccc(C(=O)C2=C(c3ccc(OC)cc3)N(c3ccc(C)cc3)C(=O)C2=O)cc1. The molecule has 1 heterocycles. The maximum atomic E-state index is 13.4. The van der Waals surface area contributed by atoms with Crippen LogP contribution in [-0.2, 0) is 9.59 Å². The van der Waals surface area contributed by atoms with Gasteiger partial charge in [-0.3, -0.25) is 19.3 Å². The number of methoxy groups -OCH3 is 2. The average molecular weight is 427 g/mol. The minimum absolute atomic E-state index is 0.161. The van der Waals surface area contributed by atoms with Gasteiger partial charge in [-0.2, -0.15) is 0 Å². The molecule has 6 heteroatoms.